The topological polar surface area (TPSA) is 8.17 Å². The molecule has 0 bridgehead atoms. The van der Waals surface area contributed by atoms with E-state index in [1.807, 2.05) is 0 Å². The van der Waals surface area contributed by atoms with E-state index in [-0.39, 0.29) is 0 Å². The number of rotatable bonds is 9. The molecule has 2 nitrogen and oxygen atoms in total. The van der Waals surface area contributed by atoms with Gasteiger partial charge in [-0.1, -0.05) is 206 Å². The second kappa shape index (κ2) is 16.8. The maximum Gasteiger partial charge on any atom is 0.0541 e. The fraction of sp³-hybridized carbons (Fsp3) is 0. The van der Waals surface area contributed by atoms with Gasteiger partial charge in [-0.3, -0.25) is 0 Å². The molecule has 0 aliphatic heterocycles. The molecule has 12 rings (SSSR count). The Morgan fingerprint density at radius 2 is 0.758 bits per heavy atom. The number of benzene rings is 11. The third-order valence-electron chi connectivity index (χ3n) is 13.0. The number of fused-ring (bicyclic) bond motifs is 4. The van der Waals surface area contributed by atoms with Crippen LogP contribution in [-0.4, -0.2) is 4.57 Å². The molecule has 0 spiro atoms. The zero-order valence-corrected chi connectivity index (χ0v) is 36.3. The van der Waals surface area contributed by atoms with Crippen molar-refractivity contribution in [3.8, 4) is 61.3 Å². The first-order valence-corrected chi connectivity index (χ1v) is 22.7. The van der Waals surface area contributed by atoms with Crippen LogP contribution in [0, 0.1) is 0 Å². The van der Waals surface area contributed by atoms with Crippen LogP contribution in [0.1, 0.15) is 0 Å². The molecule has 0 aliphatic rings. The van der Waals surface area contributed by atoms with Gasteiger partial charge in [-0.25, -0.2) is 0 Å². The van der Waals surface area contributed by atoms with Crippen LogP contribution in [-0.2, 0) is 0 Å². The lowest BCUT2D eigenvalue weighted by Crippen LogP contribution is -2.11. The Balaban J connectivity index is 1.03. The molecule has 0 aliphatic carbocycles. The van der Waals surface area contributed by atoms with E-state index < -0.39 is 0 Å². The van der Waals surface area contributed by atoms with Crippen LogP contribution in [0.15, 0.2) is 267 Å². The van der Waals surface area contributed by atoms with Crippen molar-refractivity contribution < 1.29 is 0 Å². The minimum absolute atomic E-state index is 1.07. The van der Waals surface area contributed by atoms with Gasteiger partial charge in [0, 0.05) is 33.4 Å². The van der Waals surface area contributed by atoms with Gasteiger partial charge in [0.1, 0.15) is 0 Å². The van der Waals surface area contributed by atoms with E-state index in [2.05, 4.69) is 276 Å². The summed E-state index contributed by atoms with van der Waals surface area (Å²) in [4.78, 5) is 2.43. The van der Waals surface area contributed by atoms with Crippen LogP contribution in [0.5, 0.6) is 0 Å². The summed E-state index contributed by atoms with van der Waals surface area (Å²) in [5.41, 5.74) is 18.5. The average Bonchev–Trinajstić information content (AvgIpc) is 3.74. The van der Waals surface area contributed by atoms with Gasteiger partial charge in [-0.2, -0.15) is 0 Å². The van der Waals surface area contributed by atoms with Crippen LogP contribution in [0.3, 0.4) is 0 Å². The molecule has 11 aromatic carbocycles. The monoisotopic (exact) mass is 840 g/mol. The Hall–Kier alpha value is -8.72. The SMILES string of the molecule is c1ccc(-c2cc(-c3ccc(N(c4cccc(-c5cccc6ccccc56)c4)c4ccccc4-c4ccccc4-c4ccccc4)cc3)cc(-n3c4ccccc4c4ccccc43)c2)cc1. The summed E-state index contributed by atoms with van der Waals surface area (Å²) in [5.74, 6) is 0. The van der Waals surface area contributed by atoms with Crippen molar-refractivity contribution in [1.82, 2.24) is 4.57 Å². The summed E-state index contributed by atoms with van der Waals surface area (Å²) in [6, 6.07) is 97.0. The maximum absolute atomic E-state index is 2.43. The average molecular weight is 841 g/mol. The van der Waals surface area contributed by atoms with Gasteiger partial charge in [-0.15, -0.1) is 0 Å². The van der Waals surface area contributed by atoms with Gasteiger partial charge < -0.3 is 9.47 Å². The number of anilines is 3. The Bertz CT molecular complexity index is 3640. The molecule has 0 fully saturated rings. The van der Waals surface area contributed by atoms with Crippen LogP contribution >= 0.6 is 0 Å². The molecule has 1 aromatic heterocycles. The van der Waals surface area contributed by atoms with Crippen molar-refractivity contribution in [2.24, 2.45) is 0 Å². The molecule has 0 amide bonds. The number of para-hydroxylation sites is 3. The third-order valence-corrected chi connectivity index (χ3v) is 13.0. The molecule has 0 N–H and O–H groups in total. The summed E-state index contributed by atoms with van der Waals surface area (Å²) in [6.45, 7) is 0. The molecule has 310 valence electrons. The van der Waals surface area contributed by atoms with Gasteiger partial charge in [-0.05, 0) is 122 Å². The quantitative estimate of drug-likeness (QED) is 0.141. The molecule has 66 heavy (non-hydrogen) atoms. The lowest BCUT2D eigenvalue weighted by atomic mass is 9.92. The Morgan fingerprint density at radius 1 is 0.258 bits per heavy atom. The van der Waals surface area contributed by atoms with Crippen molar-refractivity contribution in [3.63, 3.8) is 0 Å². The number of hydrogen-bond acceptors (Lipinski definition) is 1. The summed E-state index contributed by atoms with van der Waals surface area (Å²) >= 11 is 0. The molecule has 12 aromatic rings. The van der Waals surface area contributed by atoms with E-state index in [1.165, 1.54) is 71.5 Å². The van der Waals surface area contributed by atoms with Crippen molar-refractivity contribution in [1.29, 1.82) is 0 Å². The smallest absolute Gasteiger partial charge is 0.0541 e. The largest absolute Gasteiger partial charge is 0.310 e. The van der Waals surface area contributed by atoms with Crippen molar-refractivity contribution in [2.45, 2.75) is 0 Å². The van der Waals surface area contributed by atoms with Gasteiger partial charge in [0.15, 0.2) is 0 Å². The first-order valence-electron chi connectivity index (χ1n) is 22.7. The van der Waals surface area contributed by atoms with Crippen LogP contribution in [0.25, 0.3) is 93.9 Å². The molecule has 0 radical (unpaired) electrons. The molecular weight excluding hydrogens is 797 g/mol. The molecule has 1 heterocycles. The van der Waals surface area contributed by atoms with E-state index in [4.69, 9.17) is 0 Å². The normalized spacial score (nSPS) is 11.3. The predicted molar refractivity (Wildman–Crippen MR) is 280 cm³/mol. The Kier molecular flexibility index (Phi) is 9.89. The summed E-state index contributed by atoms with van der Waals surface area (Å²) < 4.78 is 2.42. The second-order valence-corrected chi connectivity index (χ2v) is 16.9. The third kappa shape index (κ3) is 7.02. The van der Waals surface area contributed by atoms with Gasteiger partial charge in [0.05, 0.1) is 16.7 Å². The lowest BCUT2D eigenvalue weighted by molar-refractivity contribution is 1.18. The van der Waals surface area contributed by atoms with E-state index in [9.17, 15) is 0 Å². The Morgan fingerprint density at radius 3 is 1.47 bits per heavy atom. The molecular formula is C64H44N2. The fourth-order valence-electron chi connectivity index (χ4n) is 9.91. The first kappa shape index (κ1) is 38.9. The maximum atomic E-state index is 2.43. The summed E-state index contributed by atoms with van der Waals surface area (Å²) in [7, 11) is 0. The highest BCUT2D eigenvalue weighted by atomic mass is 15.1. The van der Waals surface area contributed by atoms with Crippen molar-refractivity contribution in [3.05, 3.63) is 267 Å². The van der Waals surface area contributed by atoms with Crippen molar-refractivity contribution in [2.75, 3.05) is 4.90 Å². The summed E-state index contributed by atoms with van der Waals surface area (Å²) in [5, 5.41) is 4.97. The first-order chi connectivity index (χ1) is 32.7. The van der Waals surface area contributed by atoms with Gasteiger partial charge >= 0.3 is 0 Å². The van der Waals surface area contributed by atoms with Crippen LogP contribution in [0.2, 0.25) is 0 Å². The highest BCUT2D eigenvalue weighted by molar-refractivity contribution is 6.09. The standard InChI is InChI=1S/C64H44N2/c1-3-19-45(20-4-1)50-41-51(44-54(43-50)66-63-35-15-12-31-60(63)61-32-13-16-36-64(61)66)46-37-39-52(40-38-46)65(53-26-17-25-49(42-53)57-33-18-24-48-23-7-8-27-55(48)57)62-34-14-11-30-59(62)58-29-10-9-28-56(58)47-21-5-2-6-22-47/h1-44H. The minimum atomic E-state index is 1.07. The molecule has 0 atom stereocenters. The molecule has 0 unspecified atom stereocenters. The number of nitrogens with zero attached hydrogens (tertiary/aromatic N) is 2. The highest BCUT2D eigenvalue weighted by Gasteiger charge is 2.21. The van der Waals surface area contributed by atoms with Crippen LogP contribution in [0.4, 0.5) is 17.1 Å². The highest BCUT2D eigenvalue weighted by Crippen LogP contribution is 2.45. The molecule has 0 saturated heterocycles. The van der Waals surface area contributed by atoms with Crippen molar-refractivity contribution >= 4 is 49.6 Å². The van der Waals surface area contributed by atoms with Crippen LogP contribution < -0.4 is 4.90 Å². The predicted octanol–water partition coefficient (Wildman–Crippen LogP) is 17.7. The molecule has 0 saturated carbocycles. The van der Waals surface area contributed by atoms with E-state index >= 15 is 0 Å². The van der Waals surface area contributed by atoms with Gasteiger partial charge in [0.25, 0.3) is 0 Å². The fourth-order valence-corrected chi connectivity index (χ4v) is 9.91. The number of hydrogen-bond donors (Lipinski definition) is 0. The zero-order chi connectivity index (χ0) is 43.8. The van der Waals surface area contributed by atoms with Gasteiger partial charge in [0.2, 0.25) is 0 Å². The minimum Gasteiger partial charge on any atom is -0.310 e. The lowest BCUT2D eigenvalue weighted by Gasteiger charge is -2.29. The van der Waals surface area contributed by atoms with E-state index in [0.29, 0.717) is 0 Å². The van der Waals surface area contributed by atoms with E-state index in [1.54, 1.807) is 0 Å². The summed E-state index contributed by atoms with van der Waals surface area (Å²) in [6.07, 6.45) is 0. The van der Waals surface area contributed by atoms with E-state index in [0.717, 1.165) is 39.4 Å². The number of aromatic nitrogens is 1. The Labute approximate surface area is 385 Å². The second-order valence-electron chi connectivity index (χ2n) is 16.9. The zero-order valence-electron chi connectivity index (χ0n) is 36.3. The molecule has 2 heteroatoms.